The first-order valence-electron chi connectivity index (χ1n) is 21.9. The number of nitrogens with zero attached hydrogens (tertiary/aromatic N) is 2. The van der Waals surface area contributed by atoms with Crippen molar-refractivity contribution in [2.75, 3.05) is 6.54 Å². The van der Waals surface area contributed by atoms with Gasteiger partial charge < -0.3 is 29.0 Å². The number of aromatic nitrogens is 2. The van der Waals surface area contributed by atoms with E-state index in [9.17, 15) is 24.0 Å². The number of esters is 1. The van der Waals surface area contributed by atoms with Gasteiger partial charge in [-0.25, -0.2) is 14.6 Å². The van der Waals surface area contributed by atoms with Crippen LogP contribution in [0.2, 0.25) is 37.8 Å². The van der Waals surface area contributed by atoms with E-state index < -0.39 is 58.2 Å². The number of Topliss-reactive ketones (excluding diaryl/α,β-unsaturated/α-hetero) is 1. The van der Waals surface area contributed by atoms with Crippen LogP contribution in [-0.2, 0) is 41.1 Å². The molecule has 3 heterocycles. The Bertz CT molecular complexity index is 2250. The van der Waals surface area contributed by atoms with E-state index in [1.54, 1.807) is 45.2 Å². The molecule has 0 aliphatic carbocycles. The maximum Gasteiger partial charge on any atom is 0.419 e. The van der Waals surface area contributed by atoms with E-state index in [0.29, 0.717) is 21.8 Å². The molecule has 15 heteroatoms. The molecule has 13 nitrogen and oxygen atoms in total. The summed E-state index contributed by atoms with van der Waals surface area (Å²) in [7, 11) is -4.76. The molecule has 1 aliphatic rings. The molecule has 63 heavy (non-hydrogen) atoms. The maximum atomic E-state index is 14.5. The summed E-state index contributed by atoms with van der Waals surface area (Å²) < 4.78 is 26.4. The number of amides is 2. The quantitative estimate of drug-likeness (QED) is 0.181. The van der Waals surface area contributed by atoms with Crippen LogP contribution in [0.15, 0.2) is 70.8 Å². The number of carbonyl (C=O) groups is 5. The third-order valence-electron chi connectivity index (χ3n) is 11.2. The van der Waals surface area contributed by atoms with Crippen molar-refractivity contribution in [1.82, 2.24) is 20.2 Å². The van der Waals surface area contributed by atoms with E-state index in [1.165, 1.54) is 10.6 Å². The molecule has 0 spiro atoms. The standard InChI is InChI=1S/C48H70N4O9Si2/c1-30(2)42-32(4)22-23-39(54)49-24-18-19-31(3)25-35(61-63(14,15)48(8,9)10)27-34(53)28-40-51-41(45(58-40)62(11,12)13)43(55)50-37(44(56)59-42)26-33-29-52(46(57)60-47(5,6)7)38-21-17-16-20-36(33)38/h16-23,25,29-30,32,35,37,42H,24,26-28H2,1-15H3,(H,49,54)(H,50,55)/b19-18?,23-22+,31-25?/t32-,35?,37-,42-/m1/s1. The summed E-state index contributed by atoms with van der Waals surface area (Å²) in [6.45, 7) is 29.9. The number of benzene rings is 1. The predicted molar refractivity (Wildman–Crippen MR) is 252 cm³/mol. The van der Waals surface area contributed by atoms with Crippen molar-refractivity contribution in [1.29, 1.82) is 0 Å². The third kappa shape index (κ3) is 14.1. The van der Waals surface area contributed by atoms with Crippen molar-refractivity contribution in [2.24, 2.45) is 11.8 Å². The van der Waals surface area contributed by atoms with Crippen LogP contribution >= 0.6 is 0 Å². The number of hydrogen-bond donors (Lipinski definition) is 2. The summed E-state index contributed by atoms with van der Waals surface area (Å²) in [5.74, 6) is -2.34. The number of fused-ring (bicyclic) bond motifs is 3. The lowest BCUT2D eigenvalue weighted by Crippen LogP contribution is -2.48. The second-order valence-electron chi connectivity index (χ2n) is 20.5. The van der Waals surface area contributed by atoms with Crippen molar-refractivity contribution in [2.45, 2.75) is 150 Å². The van der Waals surface area contributed by atoms with Crippen molar-refractivity contribution in [3.05, 3.63) is 83.6 Å². The summed E-state index contributed by atoms with van der Waals surface area (Å²) >= 11 is 0. The van der Waals surface area contributed by atoms with E-state index in [4.69, 9.17) is 18.3 Å². The Morgan fingerprint density at radius 3 is 2.29 bits per heavy atom. The predicted octanol–water partition coefficient (Wildman–Crippen LogP) is 8.58. The Balaban J connectivity index is 1.83. The van der Waals surface area contributed by atoms with E-state index in [-0.39, 0.29) is 66.0 Å². The Morgan fingerprint density at radius 2 is 1.67 bits per heavy atom. The highest BCUT2D eigenvalue weighted by Gasteiger charge is 2.40. The molecule has 4 rings (SSSR count). The van der Waals surface area contributed by atoms with E-state index in [0.717, 1.165) is 5.57 Å². The molecule has 2 bridgehead atoms. The zero-order chi connectivity index (χ0) is 47.2. The summed E-state index contributed by atoms with van der Waals surface area (Å²) in [6.07, 6.45) is 8.41. The normalized spacial score (nSPS) is 21.4. The molecule has 1 aliphatic heterocycles. The highest BCUT2D eigenvalue weighted by molar-refractivity contribution is 6.88. The molecule has 0 saturated carbocycles. The number of allylic oxidation sites excluding steroid dienone is 2. The first kappa shape index (κ1) is 50.8. The number of ether oxygens (including phenoxy) is 2. The van der Waals surface area contributed by atoms with E-state index in [2.05, 4.69) is 49.5 Å². The second-order valence-corrected chi connectivity index (χ2v) is 30.3. The lowest BCUT2D eigenvalue weighted by molar-refractivity contribution is -0.155. The van der Waals surface area contributed by atoms with Gasteiger partial charge in [-0.1, -0.05) is 109 Å². The molecule has 0 radical (unpaired) electrons. The molecular formula is C48H70N4O9Si2. The van der Waals surface area contributed by atoms with Gasteiger partial charge in [0.05, 0.1) is 18.0 Å². The monoisotopic (exact) mass is 902 g/mol. The number of hydrogen-bond acceptors (Lipinski definition) is 10. The van der Waals surface area contributed by atoms with E-state index >= 15 is 0 Å². The molecule has 1 unspecified atom stereocenters. The Labute approximate surface area is 375 Å². The first-order valence-corrected chi connectivity index (χ1v) is 28.3. The Kier molecular flexibility index (Phi) is 16.4. The number of carbonyl (C=O) groups excluding carboxylic acids is 5. The van der Waals surface area contributed by atoms with Crippen LogP contribution in [0, 0.1) is 11.8 Å². The lowest BCUT2D eigenvalue weighted by atomic mass is 9.94. The fraction of sp³-hybridized carbons (Fsp3) is 0.542. The largest absolute Gasteiger partial charge is 0.460 e. The van der Waals surface area contributed by atoms with Crippen LogP contribution in [0.25, 0.3) is 10.9 Å². The molecule has 0 saturated heterocycles. The average molecular weight is 903 g/mol. The summed E-state index contributed by atoms with van der Waals surface area (Å²) in [5, 5.41) is 6.74. The number of oxazole rings is 1. The topological polar surface area (TPSA) is 168 Å². The van der Waals surface area contributed by atoms with Crippen LogP contribution in [0.4, 0.5) is 4.79 Å². The minimum Gasteiger partial charge on any atom is -0.460 e. The van der Waals surface area contributed by atoms with Crippen LogP contribution in [0.3, 0.4) is 0 Å². The summed E-state index contributed by atoms with van der Waals surface area (Å²) in [6, 6.07) is 5.99. The van der Waals surface area contributed by atoms with Crippen LogP contribution in [-0.4, -0.2) is 86.0 Å². The van der Waals surface area contributed by atoms with Crippen molar-refractivity contribution in [3.8, 4) is 0 Å². The van der Waals surface area contributed by atoms with Crippen molar-refractivity contribution in [3.63, 3.8) is 0 Å². The fourth-order valence-corrected chi connectivity index (χ4v) is 9.57. The fourth-order valence-electron chi connectivity index (χ4n) is 7.00. The van der Waals surface area contributed by atoms with Crippen LogP contribution in [0.1, 0.15) is 97.6 Å². The minimum atomic E-state index is -2.42. The molecular weight excluding hydrogens is 833 g/mol. The molecule has 4 atom stereocenters. The number of ketones is 1. The third-order valence-corrected chi connectivity index (χ3v) is 17.4. The van der Waals surface area contributed by atoms with Gasteiger partial charge in [-0.2, -0.15) is 0 Å². The van der Waals surface area contributed by atoms with Crippen molar-refractivity contribution >= 4 is 62.3 Å². The molecule has 3 aromatic rings. The van der Waals surface area contributed by atoms with Gasteiger partial charge in [0.1, 0.15) is 37.0 Å². The molecule has 2 amide bonds. The van der Waals surface area contributed by atoms with Crippen LogP contribution < -0.4 is 16.0 Å². The van der Waals surface area contributed by atoms with Gasteiger partial charge in [-0.3, -0.25) is 19.0 Å². The molecule has 1 aromatic carbocycles. The number of rotatable bonds is 6. The Morgan fingerprint density at radius 1 is 1.00 bits per heavy atom. The number of cyclic esters (lactones) is 1. The van der Waals surface area contributed by atoms with Gasteiger partial charge in [0.25, 0.3) is 5.91 Å². The summed E-state index contributed by atoms with van der Waals surface area (Å²) in [5.41, 5.74) is 1.26. The zero-order valence-corrected chi connectivity index (χ0v) is 42.1. The maximum absolute atomic E-state index is 14.5. The molecule has 0 fully saturated rings. The van der Waals surface area contributed by atoms with E-state index in [1.807, 2.05) is 77.7 Å². The molecule has 2 N–H and O–H groups in total. The van der Waals surface area contributed by atoms with Gasteiger partial charge in [0.2, 0.25) is 11.8 Å². The minimum absolute atomic E-state index is 0.00187. The first-order chi connectivity index (χ1) is 29.1. The van der Waals surface area contributed by atoms with Gasteiger partial charge in [-0.15, -0.1) is 0 Å². The highest BCUT2D eigenvalue weighted by Crippen LogP contribution is 2.38. The second kappa shape index (κ2) is 20.3. The number of para-hydroxylation sites is 1. The lowest BCUT2D eigenvalue weighted by Gasteiger charge is -2.38. The SMILES string of the molecule is CC1=CC(O[Si](C)(C)C(C)(C)C)CC(=O)Cc2nc(c([Si](C)(C)C)o2)C(=O)N[C@H](Cc2cn(C(=O)OC(C)(C)C)c3ccccc23)C(=O)O[C@H](C(C)C)[C@H](C)/C=C/C(=O)NCC=C1. The zero-order valence-electron chi connectivity index (χ0n) is 40.1. The van der Waals surface area contributed by atoms with Crippen molar-refractivity contribution < 1.29 is 42.3 Å². The van der Waals surface area contributed by atoms with Crippen LogP contribution in [0.5, 0.6) is 0 Å². The molecule has 344 valence electrons. The van der Waals surface area contributed by atoms with Gasteiger partial charge in [0, 0.05) is 36.9 Å². The summed E-state index contributed by atoms with van der Waals surface area (Å²) in [4.78, 5) is 73.9. The average Bonchev–Trinajstić information content (AvgIpc) is 3.74. The van der Waals surface area contributed by atoms with Gasteiger partial charge >= 0.3 is 12.1 Å². The number of nitrogens with one attached hydrogen (secondary N) is 2. The Hall–Kier alpha value is -4.87. The molecule has 2 aromatic heterocycles. The highest BCUT2D eigenvalue weighted by atomic mass is 28.4. The van der Waals surface area contributed by atoms with Gasteiger partial charge in [-0.05, 0) is 69.5 Å². The van der Waals surface area contributed by atoms with Gasteiger partial charge in [0.15, 0.2) is 14.0 Å². The smallest absolute Gasteiger partial charge is 0.419 e.